The normalized spacial score (nSPS) is 15.3. The second-order valence-electron chi connectivity index (χ2n) is 8.87. The smallest absolute Gasteiger partial charge is 0.260 e. The first-order chi connectivity index (χ1) is 17.0. The fraction of sp³-hybridized carbons (Fsp3) is 0.250. The van der Waals surface area contributed by atoms with Crippen LogP contribution in [0.5, 0.6) is 5.75 Å². The van der Waals surface area contributed by atoms with E-state index in [1.807, 2.05) is 30.3 Å². The largest absolute Gasteiger partial charge is 0.507 e. The lowest BCUT2D eigenvalue weighted by Gasteiger charge is -2.40. The second-order valence-corrected chi connectivity index (χ2v) is 8.87. The van der Waals surface area contributed by atoms with Gasteiger partial charge in [-0.25, -0.2) is 4.39 Å². The van der Waals surface area contributed by atoms with Crippen molar-refractivity contribution >= 4 is 5.69 Å². The molecule has 0 radical (unpaired) electrons. The van der Waals surface area contributed by atoms with Crippen LogP contribution in [0.15, 0.2) is 88.3 Å². The summed E-state index contributed by atoms with van der Waals surface area (Å²) in [6.45, 7) is 4.85. The average molecular weight is 474 g/mol. The van der Waals surface area contributed by atoms with Gasteiger partial charge in [0.2, 0.25) is 0 Å². The van der Waals surface area contributed by atoms with Gasteiger partial charge in [-0.1, -0.05) is 30.3 Å². The predicted octanol–water partition coefficient (Wildman–Crippen LogP) is 4.55. The van der Waals surface area contributed by atoms with E-state index in [1.54, 1.807) is 36.0 Å². The Kier molecular flexibility index (Phi) is 6.42. The zero-order chi connectivity index (χ0) is 24.4. The van der Waals surface area contributed by atoms with Gasteiger partial charge in [-0.2, -0.15) is 0 Å². The standard InChI is InChI=1S/C28H28FN3O3/c1-20-17-25(33)26(28(34)32(20)19-24-11-6-16-35-24)27(21-7-5-8-22(29)18-21)31-14-12-30(13-15-31)23-9-3-2-4-10-23/h2-11,16-18,27,33H,12-15,19H2,1H3/t27-/m0/s1. The Labute approximate surface area is 203 Å². The van der Waals surface area contributed by atoms with Crippen molar-refractivity contribution in [3.8, 4) is 5.75 Å². The maximum Gasteiger partial charge on any atom is 0.260 e. The van der Waals surface area contributed by atoms with Crippen LogP contribution < -0.4 is 10.5 Å². The summed E-state index contributed by atoms with van der Waals surface area (Å²) in [4.78, 5) is 18.2. The number of pyridine rings is 1. The van der Waals surface area contributed by atoms with Gasteiger partial charge in [0.15, 0.2) is 0 Å². The van der Waals surface area contributed by atoms with Gasteiger partial charge < -0.3 is 19.0 Å². The Morgan fingerprint density at radius 1 is 0.971 bits per heavy atom. The summed E-state index contributed by atoms with van der Waals surface area (Å²) in [6.07, 6.45) is 1.57. The summed E-state index contributed by atoms with van der Waals surface area (Å²) >= 11 is 0. The van der Waals surface area contributed by atoms with Crippen LogP contribution in [-0.4, -0.2) is 40.8 Å². The quantitative estimate of drug-likeness (QED) is 0.445. The molecule has 0 spiro atoms. The molecule has 1 fully saturated rings. The Morgan fingerprint density at radius 2 is 1.74 bits per heavy atom. The monoisotopic (exact) mass is 473 g/mol. The second kappa shape index (κ2) is 9.80. The van der Waals surface area contributed by atoms with E-state index in [1.165, 1.54) is 12.1 Å². The average Bonchev–Trinajstić information content (AvgIpc) is 3.38. The van der Waals surface area contributed by atoms with Crippen LogP contribution in [0, 0.1) is 12.7 Å². The van der Waals surface area contributed by atoms with Crippen LogP contribution in [-0.2, 0) is 6.54 Å². The summed E-state index contributed by atoms with van der Waals surface area (Å²) in [5, 5.41) is 11.0. The van der Waals surface area contributed by atoms with Gasteiger partial charge >= 0.3 is 0 Å². The molecular weight excluding hydrogens is 445 g/mol. The molecule has 5 rings (SSSR count). The number of furan rings is 1. The summed E-state index contributed by atoms with van der Waals surface area (Å²) in [5.41, 5.74) is 2.35. The van der Waals surface area contributed by atoms with E-state index < -0.39 is 6.04 Å². The SMILES string of the molecule is Cc1cc(O)c([C@H](c2cccc(F)c2)N2CCN(c3ccccc3)CC2)c(=O)n1Cc1ccco1. The van der Waals surface area contributed by atoms with Crippen molar-refractivity contribution in [2.75, 3.05) is 31.1 Å². The van der Waals surface area contributed by atoms with E-state index >= 15 is 0 Å². The van der Waals surface area contributed by atoms with Gasteiger partial charge in [0.05, 0.1) is 24.4 Å². The Bertz CT molecular complexity index is 1340. The molecule has 2 aromatic carbocycles. The topological polar surface area (TPSA) is 61.9 Å². The first-order valence-corrected chi connectivity index (χ1v) is 11.8. The third kappa shape index (κ3) is 4.72. The summed E-state index contributed by atoms with van der Waals surface area (Å²) in [7, 11) is 0. The number of aryl methyl sites for hydroxylation is 1. The number of piperazine rings is 1. The highest BCUT2D eigenvalue weighted by Crippen LogP contribution is 2.34. The summed E-state index contributed by atoms with van der Waals surface area (Å²) in [6, 6.07) is 21.1. The van der Waals surface area contributed by atoms with Gasteiger partial charge in [0.25, 0.3) is 5.56 Å². The van der Waals surface area contributed by atoms with E-state index in [0.29, 0.717) is 30.1 Å². The molecule has 0 aliphatic carbocycles. The van der Waals surface area contributed by atoms with Crippen LogP contribution in [0.4, 0.5) is 10.1 Å². The molecule has 0 amide bonds. The van der Waals surface area contributed by atoms with Crippen LogP contribution in [0.3, 0.4) is 0 Å². The van der Waals surface area contributed by atoms with Crippen molar-refractivity contribution in [3.63, 3.8) is 0 Å². The van der Waals surface area contributed by atoms with Crippen molar-refractivity contribution < 1.29 is 13.9 Å². The molecule has 2 aromatic heterocycles. The predicted molar refractivity (Wildman–Crippen MR) is 133 cm³/mol. The number of para-hydroxylation sites is 1. The number of rotatable bonds is 6. The molecule has 0 saturated carbocycles. The van der Waals surface area contributed by atoms with Gasteiger partial charge in [-0.05, 0) is 55.0 Å². The van der Waals surface area contributed by atoms with E-state index in [-0.39, 0.29) is 29.2 Å². The minimum atomic E-state index is -0.584. The highest BCUT2D eigenvalue weighted by atomic mass is 19.1. The molecule has 7 heteroatoms. The van der Waals surface area contributed by atoms with Crippen LogP contribution in [0.25, 0.3) is 0 Å². The maximum atomic E-state index is 14.3. The molecular formula is C28H28FN3O3. The molecule has 35 heavy (non-hydrogen) atoms. The van der Waals surface area contributed by atoms with Crippen molar-refractivity contribution in [3.05, 3.63) is 118 Å². The lowest BCUT2D eigenvalue weighted by Crippen LogP contribution is -2.49. The number of hydrogen-bond donors (Lipinski definition) is 1. The number of nitrogens with zero attached hydrogens (tertiary/aromatic N) is 3. The molecule has 6 nitrogen and oxygen atoms in total. The molecule has 1 aliphatic rings. The van der Waals surface area contributed by atoms with Crippen LogP contribution in [0.1, 0.15) is 28.6 Å². The zero-order valence-electron chi connectivity index (χ0n) is 19.6. The third-order valence-electron chi connectivity index (χ3n) is 6.66. The first-order valence-electron chi connectivity index (χ1n) is 11.8. The van der Waals surface area contributed by atoms with Gasteiger partial charge in [0.1, 0.15) is 17.3 Å². The molecule has 1 N–H and O–H groups in total. The zero-order valence-corrected chi connectivity index (χ0v) is 19.6. The molecule has 1 atom stereocenters. The van der Waals surface area contributed by atoms with Crippen LogP contribution in [0.2, 0.25) is 0 Å². The number of halogens is 1. The van der Waals surface area contributed by atoms with E-state index in [2.05, 4.69) is 21.9 Å². The van der Waals surface area contributed by atoms with Crippen molar-refractivity contribution in [1.29, 1.82) is 0 Å². The molecule has 3 heterocycles. The highest BCUT2D eigenvalue weighted by Gasteiger charge is 2.32. The Balaban J connectivity index is 1.54. The molecule has 0 unspecified atom stereocenters. The first kappa shape index (κ1) is 22.9. The lowest BCUT2D eigenvalue weighted by molar-refractivity contribution is 0.207. The molecule has 180 valence electrons. The molecule has 4 aromatic rings. The molecule has 0 bridgehead atoms. The number of benzene rings is 2. The maximum absolute atomic E-state index is 14.3. The van der Waals surface area contributed by atoms with Crippen molar-refractivity contribution in [1.82, 2.24) is 9.47 Å². The minimum Gasteiger partial charge on any atom is -0.507 e. The van der Waals surface area contributed by atoms with E-state index in [0.717, 1.165) is 18.8 Å². The van der Waals surface area contributed by atoms with Crippen molar-refractivity contribution in [2.45, 2.75) is 19.5 Å². The third-order valence-corrected chi connectivity index (χ3v) is 6.66. The number of hydrogen-bond acceptors (Lipinski definition) is 5. The molecule has 1 saturated heterocycles. The number of aromatic nitrogens is 1. The van der Waals surface area contributed by atoms with Gasteiger partial charge in [-0.15, -0.1) is 0 Å². The van der Waals surface area contributed by atoms with Gasteiger partial charge in [0, 0.05) is 37.6 Å². The Hall–Kier alpha value is -3.84. The molecule has 1 aliphatic heterocycles. The lowest BCUT2D eigenvalue weighted by atomic mass is 9.95. The number of aromatic hydroxyl groups is 1. The summed E-state index contributed by atoms with van der Waals surface area (Å²) < 4.78 is 21.4. The van der Waals surface area contributed by atoms with Gasteiger partial charge in [-0.3, -0.25) is 9.69 Å². The summed E-state index contributed by atoms with van der Waals surface area (Å²) in [5.74, 6) is 0.187. The fourth-order valence-electron chi connectivity index (χ4n) is 4.89. The highest BCUT2D eigenvalue weighted by molar-refractivity contribution is 5.47. The van der Waals surface area contributed by atoms with E-state index in [9.17, 15) is 14.3 Å². The van der Waals surface area contributed by atoms with Crippen LogP contribution >= 0.6 is 0 Å². The van der Waals surface area contributed by atoms with E-state index in [4.69, 9.17) is 4.42 Å². The van der Waals surface area contributed by atoms with Crippen molar-refractivity contribution in [2.24, 2.45) is 0 Å². The Morgan fingerprint density at radius 3 is 2.43 bits per heavy atom. The minimum absolute atomic E-state index is 0.0806. The number of anilines is 1. The fourth-order valence-corrected chi connectivity index (χ4v) is 4.89.